The molecule has 0 spiro atoms. The van der Waals surface area contributed by atoms with Crippen molar-refractivity contribution in [3.05, 3.63) is 23.8 Å². The molecule has 2 N–H and O–H groups in total. The first-order valence-corrected chi connectivity index (χ1v) is 8.77. The maximum atomic E-state index is 5.52. The third-order valence-electron chi connectivity index (χ3n) is 5.33. The second kappa shape index (κ2) is 7.99. The first-order chi connectivity index (χ1) is 11.3. The van der Waals surface area contributed by atoms with Crippen LogP contribution in [0.25, 0.3) is 0 Å². The minimum atomic E-state index is 0.829. The first kappa shape index (κ1) is 16.6. The highest BCUT2D eigenvalue weighted by atomic mass is 16.5. The fraction of sp³-hybridized carbons (Fsp3) is 0.667. The lowest BCUT2D eigenvalue weighted by atomic mass is 10.0. The molecule has 2 aliphatic heterocycles. The molecule has 3 rings (SSSR count). The van der Waals surface area contributed by atoms with Crippen LogP contribution >= 0.6 is 0 Å². The summed E-state index contributed by atoms with van der Waals surface area (Å²) in [4.78, 5) is 3.41. The Labute approximate surface area is 139 Å². The number of hydrogen-bond donors (Lipinski definition) is 2. The highest BCUT2D eigenvalue weighted by Crippen LogP contribution is 2.23. The standard InChI is InChI=1S/C18H28N2O3/c1-21-17-3-4-18(22-2)15(13-17)14-19-7-5-16(6-8-19)20-9-11-23-12-10-20/h3-4,13,16H,5-12,14H2,1-2H3/p+2. The maximum Gasteiger partial charge on any atom is 0.127 e. The molecule has 0 radical (unpaired) electrons. The van der Waals surface area contributed by atoms with Gasteiger partial charge in [-0.15, -0.1) is 0 Å². The molecule has 5 heteroatoms. The van der Waals surface area contributed by atoms with Crippen molar-refractivity contribution in [3.8, 4) is 11.5 Å². The Balaban J connectivity index is 1.56. The van der Waals surface area contributed by atoms with Gasteiger partial charge in [-0.3, -0.25) is 0 Å². The van der Waals surface area contributed by atoms with E-state index in [9.17, 15) is 0 Å². The van der Waals surface area contributed by atoms with Gasteiger partial charge in [0.25, 0.3) is 0 Å². The molecule has 0 aliphatic carbocycles. The quantitative estimate of drug-likeness (QED) is 0.743. The molecule has 2 fully saturated rings. The van der Waals surface area contributed by atoms with E-state index in [4.69, 9.17) is 14.2 Å². The highest BCUT2D eigenvalue weighted by Gasteiger charge is 2.31. The average molecular weight is 322 g/mol. The van der Waals surface area contributed by atoms with Gasteiger partial charge in [-0.1, -0.05) is 0 Å². The minimum absolute atomic E-state index is 0.829. The van der Waals surface area contributed by atoms with Gasteiger partial charge in [0.1, 0.15) is 31.1 Å². The van der Waals surface area contributed by atoms with Gasteiger partial charge in [-0.05, 0) is 18.2 Å². The molecule has 0 bridgehead atoms. The summed E-state index contributed by atoms with van der Waals surface area (Å²) in [6, 6.07) is 6.92. The summed E-state index contributed by atoms with van der Waals surface area (Å²) in [5.41, 5.74) is 1.25. The van der Waals surface area contributed by atoms with Gasteiger partial charge in [0.05, 0.1) is 52.1 Å². The van der Waals surface area contributed by atoms with E-state index in [-0.39, 0.29) is 0 Å². The molecule has 1 aromatic rings. The van der Waals surface area contributed by atoms with Crippen LogP contribution in [0.5, 0.6) is 11.5 Å². The van der Waals surface area contributed by atoms with Crippen molar-refractivity contribution >= 4 is 0 Å². The zero-order chi connectivity index (χ0) is 16.1. The van der Waals surface area contributed by atoms with E-state index in [1.54, 1.807) is 24.0 Å². The Morgan fingerprint density at radius 1 is 1.04 bits per heavy atom. The van der Waals surface area contributed by atoms with Crippen molar-refractivity contribution in [2.45, 2.75) is 25.4 Å². The molecule has 0 atom stereocenters. The van der Waals surface area contributed by atoms with E-state index >= 15 is 0 Å². The average Bonchev–Trinajstić information content (AvgIpc) is 2.63. The van der Waals surface area contributed by atoms with E-state index in [1.807, 2.05) is 12.1 Å². The highest BCUT2D eigenvalue weighted by molar-refractivity contribution is 5.39. The summed E-state index contributed by atoms with van der Waals surface area (Å²) in [6.07, 6.45) is 2.63. The van der Waals surface area contributed by atoms with Gasteiger partial charge in [0, 0.05) is 12.8 Å². The summed E-state index contributed by atoms with van der Waals surface area (Å²) < 4.78 is 16.4. The molecule has 23 heavy (non-hydrogen) atoms. The number of piperidine rings is 1. The van der Waals surface area contributed by atoms with Crippen molar-refractivity contribution in [2.75, 3.05) is 53.6 Å². The zero-order valence-corrected chi connectivity index (χ0v) is 14.4. The second-order valence-corrected chi connectivity index (χ2v) is 6.65. The van der Waals surface area contributed by atoms with Gasteiger partial charge in [-0.2, -0.15) is 0 Å². The van der Waals surface area contributed by atoms with Crippen LogP contribution in [0, 0.1) is 0 Å². The fourth-order valence-electron chi connectivity index (χ4n) is 3.94. The van der Waals surface area contributed by atoms with Crippen molar-refractivity contribution in [1.29, 1.82) is 0 Å². The largest absolute Gasteiger partial charge is 0.497 e. The van der Waals surface area contributed by atoms with E-state index < -0.39 is 0 Å². The third-order valence-corrected chi connectivity index (χ3v) is 5.33. The predicted molar refractivity (Wildman–Crippen MR) is 88.5 cm³/mol. The number of methoxy groups -OCH3 is 2. The van der Waals surface area contributed by atoms with Crippen LogP contribution in [-0.4, -0.2) is 59.7 Å². The Morgan fingerprint density at radius 3 is 2.43 bits per heavy atom. The molecule has 2 aliphatic rings. The Morgan fingerprint density at radius 2 is 1.78 bits per heavy atom. The van der Waals surface area contributed by atoms with Crippen LogP contribution in [0.4, 0.5) is 0 Å². The molecule has 128 valence electrons. The molecular formula is C18H30N2O3+2. The van der Waals surface area contributed by atoms with E-state index in [0.717, 1.165) is 37.3 Å². The molecule has 2 saturated heterocycles. The van der Waals surface area contributed by atoms with Gasteiger partial charge in [0.2, 0.25) is 0 Å². The van der Waals surface area contributed by atoms with Gasteiger partial charge in [0.15, 0.2) is 0 Å². The lowest BCUT2D eigenvalue weighted by molar-refractivity contribution is -0.967. The minimum Gasteiger partial charge on any atom is -0.497 e. The Bertz CT molecular complexity index is 495. The van der Waals surface area contributed by atoms with E-state index in [1.165, 1.54) is 44.6 Å². The van der Waals surface area contributed by atoms with E-state index in [2.05, 4.69) is 6.07 Å². The summed E-state index contributed by atoms with van der Waals surface area (Å²) in [5, 5.41) is 0. The van der Waals surface area contributed by atoms with Crippen LogP contribution in [-0.2, 0) is 11.3 Å². The summed E-state index contributed by atoms with van der Waals surface area (Å²) in [5.74, 6) is 1.88. The summed E-state index contributed by atoms with van der Waals surface area (Å²) in [7, 11) is 3.46. The van der Waals surface area contributed by atoms with E-state index in [0.29, 0.717) is 0 Å². The Hall–Kier alpha value is -1.30. The number of morpholine rings is 1. The lowest BCUT2D eigenvalue weighted by Gasteiger charge is -2.36. The molecule has 0 unspecified atom stereocenters. The molecule has 1 aromatic carbocycles. The number of likely N-dealkylation sites (tertiary alicyclic amines) is 1. The second-order valence-electron chi connectivity index (χ2n) is 6.65. The predicted octanol–water partition coefficient (Wildman–Crippen LogP) is -0.834. The van der Waals surface area contributed by atoms with Gasteiger partial charge in [-0.25, -0.2) is 0 Å². The number of nitrogens with one attached hydrogen (secondary N) is 2. The molecule has 0 aromatic heterocycles. The number of hydrogen-bond acceptors (Lipinski definition) is 3. The molecule has 5 nitrogen and oxygen atoms in total. The third kappa shape index (κ3) is 4.16. The summed E-state index contributed by atoms with van der Waals surface area (Å²) in [6.45, 7) is 7.75. The molecule has 0 amide bonds. The normalized spacial score (nSPS) is 26.0. The van der Waals surface area contributed by atoms with Crippen LogP contribution in [0.2, 0.25) is 0 Å². The molecular weight excluding hydrogens is 292 g/mol. The number of rotatable bonds is 5. The smallest absolute Gasteiger partial charge is 0.127 e. The van der Waals surface area contributed by atoms with Crippen LogP contribution < -0.4 is 19.3 Å². The van der Waals surface area contributed by atoms with Crippen molar-refractivity contribution in [1.82, 2.24) is 0 Å². The number of quaternary nitrogens is 2. The van der Waals surface area contributed by atoms with Crippen molar-refractivity contribution < 1.29 is 24.0 Å². The number of benzene rings is 1. The summed E-state index contributed by atoms with van der Waals surface area (Å²) >= 11 is 0. The lowest BCUT2D eigenvalue weighted by Crippen LogP contribution is -3.21. The van der Waals surface area contributed by atoms with Crippen molar-refractivity contribution in [3.63, 3.8) is 0 Å². The molecule has 2 heterocycles. The van der Waals surface area contributed by atoms with Gasteiger partial charge >= 0.3 is 0 Å². The van der Waals surface area contributed by atoms with Crippen molar-refractivity contribution in [2.24, 2.45) is 0 Å². The van der Waals surface area contributed by atoms with Crippen LogP contribution in [0.15, 0.2) is 18.2 Å². The fourth-order valence-corrected chi connectivity index (χ4v) is 3.94. The number of ether oxygens (including phenoxy) is 3. The van der Waals surface area contributed by atoms with Crippen LogP contribution in [0.1, 0.15) is 18.4 Å². The SMILES string of the molecule is COc1ccc(OC)c(C[NH+]2CCC([NH+]3CCOCC3)CC2)c1. The first-order valence-electron chi connectivity index (χ1n) is 8.77. The van der Waals surface area contributed by atoms with Crippen LogP contribution in [0.3, 0.4) is 0 Å². The topological polar surface area (TPSA) is 36.6 Å². The van der Waals surface area contributed by atoms with Gasteiger partial charge < -0.3 is 24.0 Å². The molecule has 0 saturated carbocycles. The monoisotopic (exact) mass is 322 g/mol. The zero-order valence-electron chi connectivity index (χ0n) is 14.4. The Kier molecular flexibility index (Phi) is 5.75. The maximum absolute atomic E-state index is 5.52.